The van der Waals surface area contributed by atoms with Crippen LogP contribution in [-0.2, 0) is 19.3 Å². The smallest absolute Gasteiger partial charge is 0.191 e. The van der Waals surface area contributed by atoms with Gasteiger partial charge in [-0.05, 0) is 37.1 Å². The molecule has 0 aliphatic heterocycles. The molecule has 4 nitrogen and oxygen atoms in total. The van der Waals surface area contributed by atoms with Gasteiger partial charge in [-0.1, -0.05) is 19.9 Å². The van der Waals surface area contributed by atoms with Gasteiger partial charge in [-0.2, -0.15) is 0 Å². The predicted molar refractivity (Wildman–Crippen MR) is 106 cm³/mol. The van der Waals surface area contributed by atoms with Crippen LogP contribution in [0.1, 0.15) is 36.3 Å². The van der Waals surface area contributed by atoms with Crippen LogP contribution in [0.15, 0.2) is 27.9 Å². The minimum atomic E-state index is 0.546. The van der Waals surface area contributed by atoms with Gasteiger partial charge in [0.15, 0.2) is 5.96 Å². The lowest BCUT2D eigenvalue weighted by atomic mass is 10.1. The average Bonchev–Trinajstić information content (AvgIpc) is 3.24. The Morgan fingerprint density at radius 3 is 2.83 bits per heavy atom. The van der Waals surface area contributed by atoms with Gasteiger partial charge in [0.05, 0.1) is 10.7 Å². The molecule has 0 spiro atoms. The van der Waals surface area contributed by atoms with Crippen LogP contribution >= 0.6 is 22.7 Å². The summed E-state index contributed by atoms with van der Waals surface area (Å²) in [7, 11) is 0. The van der Waals surface area contributed by atoms with Crippen molar-refractivity contribution in [3.63, 3.8) is 0 Å². The Morgan fingerprint density at radius 1 is 1.29 bits per heavy atom. The molecule has 0 saturated carbocycles. The summed E-state index contributed by atoms with van der Waals surface area (Å²) >= 11 is 3.58. The molecule has 0 aliphatic carbocycles. The number of thiophene rings is 1. The minimum absolute atomic E-state index is 0.546. The van der Waals surface area contributed by atoms with E-state index in [1.54, 1.807) is 11.3 Å². The molecule has 2 heterocycles. The van der Waals surface area contributed by atoms with Crippen molar-refractivity contribution in [2.24, 2.45) is 10.9 Å². The van der Waals surface area contributed by atoms with Crippen molar-refractivity contribution in [3.05, 3.63) is 38.5 Å². The number of nitrogens with zero attached hydrogens (tertiary/aromatic N) is 2. The van der Waals surface area contributed by atoms with Crippen molar-refractivity contribution in [3.8, 4) is 0 Å². The quantitative estimate of drug-likeness (QED) is 0.526. The fraction of sp³-hybridized carbons (Fsp3) is 0.556. The number of nitrogens with one attached hydrogen (secondary N) is 2. The maximum absolute atomic E-state index is 4.73. The number of thiazole rings is 1. The molecule has 2 rings (SSSR count). The Morgan fingerprint density at radius 2 is 2.17 bits per heavy atom. The second kappa shape index (κ2) is 10.5. The van der Waals surface area contributed by atoms with Crippen LogP contribution in [0.4, 0.5) is 0 Å². The minimum Gasteiger partial charge on any atom is -0.357 e. The van der Waals surface area contributed by atoms with E-state index >= 15 is 0 Å². The van der Waals surface area contributed by atoms with Crippen molar-refractivity contribution in [2.45, 2.75) is 40.0 Å². The first kappa shape index (κ1) is 18.9. The van der Waals surface area contributed by atoms with Gasteiger partial charge >= 0.3 is 0 Å². The molecule has 0 bridgehead atoms. The van der Waals surface area contributed by atoms with Gasteiger partial charge in [-0.15, -0.1) is 22.7 Å². The molecular formula is C18H28N4S2. The molecule has 2 N–H and O–H groups in total. The number of rotatable bonds is 9. The number of aromatic nitrogens is 1. The van der Waals surface area contributed by atoms with Crippen molar-refractivity contribution >= 4 is 28.6 Å². The summed E-state index contributed by atoms with van der Waals surface area (Å²) in [5.74, 6) is 1.45. The molecule has 0 aliphatic rings. The molecule has 2 aromatic heterocycles. The van der Waals surface area contributed by atoms with Crippen LogP contribution in [0.3, 0.4) is 0 Å². The molecule has 1 unspecified atom stereocenters. The summed E-state index contributed by atoms with van der Waals surface area (Å²) in [4.78, 5) is 10.8. The van der Waals surface area contributed by atoms with Crippen LogP contribution in [0.2, 0.25) is 0 Å². The Balaban J connectivity index is 1.77. The molecule has 1 atom stereocenters. The van der Waals surface area contributed by atoms with Crippen molar-refractivity contribution in [1.29, 1.82) is 0 Å². The number of guanidine groups is 1. The molecule has 0 saturated heterocycles. The van der Waals surface area contributed by atoms with E-state index in [0.29, 0.717) is 5.92 Å². The van der Waals surface area contributed by atoms with E-state index in [1.807, 2.05) is 11.3 Å². The first-order valence-corrected chi connectivity index (χ1v) is 10.4. The van der Waals surface area contributed by atoms with Gasteiger partial charge < -0.3 is 10.6 Å². The third kappa shape index (κ3) is 6.61. The zero-order valence-electron chi connectivity index (χ0n) is 14.8. The summed E-state index contributed by atoms with van der Waals surface area (Å²) in [6.45, 7) is 9.08. The third-order valence-electron chi connectivity index (χ3n) is 3.61. The van der Waals surface area contributed by atoms with Gasteiger partial charge in [-0.25, -0.2) is 4.98 Å². The van der Waals surface area contributed by atoms with E-state index in [4.69, 9.17) is 4.99 Å². The van der Waals surface area contributed by atoms with E-state index in [-0.39, 0.29) is 0 Å². The van der Waals surface area contributed by atoms with Crippen LogP contribution in [0, 0.1) is 5.92 Å². The molecule has 6 heteroatoms. The van der Waals surface area contributed by atoms with E-state index < -0.39 is 0 Å². The van der Waals surface area contributed by atoms with Crippen molar-refractivity contribution in [2.75, 3.05) is 19.6 Å². The second-order valence-electron chi connectivity index (χ2n) is 5.87. The highest BCUT2D eigenvalue weighted by molar-refractivity contribution is 7.10. The number of hydrogen-bond acceptors (Lipinski definition) is 4. The lowest BCUT2D eigenvalue weighted by molar-refractivity contribution is 0.595. The number of aryl methyl sites for hydroxylation is 1. The molecule has 0 amide bonds. The molecule has 0 aromatic carbocycles. The maximum Gasteiger partial charge on any atom is 0.191 e. The van der Waals surface area contributed by atoms with Gasteiger partial charge in [0.1, 0.15) is 0 Å². The van der Waals surface area contributed by atoms with Crippen LogP contribution < -0.4 is 10.6 Å². The molecule has 132 valence electrons. The monoisotopic (exact) mass is 364 g/mol. The van der Waals surface area contributed by atoms with E-state index in [9.17, 15) is 0 Å². The van der Waals surface area contributed by atoms with Gasteiger partial charge in [0.25, 0.3) is 0 Å². The van der Waals surface area contributed by atoms with Gasteiger partial charge in [0, 0.05) is 36.3 Å². The second-order valence-corrected chi connectivity index (χ2v) is 7.85. The summed E-state index contributed by atoms with van der Waals surface area (Å²) in [5, 5.41) is 12.3. The van der Waals surface area contributed by atoms with Gasteiger partial charge in [0.2, 0.25) is 0 Å². The lowest BCUT2D eigenvalue weighted by Gasteiger charge is -2.13. The Hall–Kier alpha value is -1.40. The van der Waals surface area contributed by atoms with E-state index in [2.05, 4.69) is 59.3 Å². The Bertz CT molecular complexity index is 604. The lowest BCUT2D eigenvalue weighted by Crippen LogP contribution is -2.38. The molecule has 2 aromatic rings. The zero-order chi connectivity index (χ0) is 17.2. The normalized spacial score (nSPS) is 13.0. The molecule has 24 heavy (non-hydrogen) atoms. The van der Waals surface area contributed by atoms with Crippen molar-refractivity contribution in [1.82, 2.24) is 15.6 Å². The Labute approximate surface area is 153 Å². The number of hydrogen-bond donors (Lipinski definition) is 2. The predicted octanol–water partition coefficient (Wildman–Crippen LogP) is 3.74. The SMILES string of the molecule is CCNC(=NCC(C)Cc1cccs1)NCCc1csc(CC)n1. The van der Waals surface area contributed by atoms with Gasteiger partial charge in [-0.3, -0.25) is 4.99 Å². The highest BCUT2D eigenvalue weighted by Crippen LogP contribution is 2.14. The van der Waals surface area contributed by atoms with E-state index in [0.717, 1.165) is 44.9 Å². The summed E-state index contributed by atoms with van der Waals surface area (Å²) in [6, 6.07) is 4.32. The fourth-order valence-corrected chi connectivity index (χ4v) is 4.01. The van der Waals surface area contributed by atoms with Crippen molar-refractivity contribution < 1.29 is 0 Å². The highest BCUT2D eigenvalue weighted by atomic mass is 32.1. The largest absolute Gasteiger partial charge is 0.357 e. The van der Waals surface area contributed by atoms with Crippen LogP contribution in [-0.4, -0.2) is 30.6 Å². The molecular weight excluding hydrogens is 336 g/mol. The first-order chi connectivity index (χ1) is 11.7. The topological polar surface area (TPSA) is 49.3 Å². The molecule has 0 radical (unpaired) electrons. The number of aliphatic imine (C=N–C) groups is 1. The average molecular weight is 365 g/mol. The Kier molecular flexibility index (Phi) is 8.25. The maximum atomic E-state index is 4.73. The fourth-order valence-electron chi connectivity index (χ4n) is 2.36. The third-order valence-corrected chi connectivity index (χ3v) is 5.55. The van der Waals surface area contributed by atoms with E-state index in [1.165, 1.54) is 15.6 Å². The standard InChI is InChI=1S/C18H28N4S2/c1-4-17-22-15(13-24-17)8-9-20-18(19-5-2)21-12-14(3)11-16-7-6-10-23-16/h6-7,10,13-14H,4-5,8-9,11-12H2,1-3H3,(H2,19,20,21). The zero-order valence-corrected chi connectivity index (χ0v) is 16.5. The van der Waals surface area contributed by atoms with Crippen LogP contribution in [0.5, 0.6) is 0 Å². The molecule has 0 fully saturated rings. The summed E-state index contributed by atoms with van der Waals surface area (Å²) < 4.78 is 0. The van der Waals surface area contributed by atoms with Crippen LogP contribution in [0.25, 0.3) is 0 Å². The highest BCUT2D eigenvalue weighted by Gasteiger charge is 2.06. The summed E-state index contributed by atoms with van der Waals surface area (Å²) in [6.07, 6.45) is 3.05. The summed E-state index contributed by atoms with van der Waals surface area (Å²) in [5.41, 5.74) is 1.17. The first-order valence-electron chi connectivity index (χ1n) is 8.69.